The molecule has 0 aliphatic rings. The Bertz CT molecular complexity index is 641. The highest BCUT2D eigenvalue weighted by Gasteiger charge is 2.20. The fraction of sp³-hybridized carbons (Fsp3) is 0.353. The molecule has 5 nitrogen and oxygen atoms in total. The van der Waals surface area contributed by atoms with Crippen molar-refractivity contribution in [2.75, 3.05) is 19.5 Å². The van der Waals surface area contributed by atoms with E-state index in [1.807, 2.05) is 17.5 Å². The van der Waals surface area contributed by atoms with Gasteiger partial charge in [0.15, 0.2) is 0 Å². The number of carbonyl (C=O) groups is 1. The van der Waals surface area contributed by atoms with Gasteiger partial charge in [0, 0.05) is 10.9 Å². The highest BCUT2D eigenvalue weighted by molar-refractivity contribution is 7.10. The fourth-order valence-electron chi connectivity index (χ4n) is 2.25. The molecule has 1 heterocycles. The number of ether oxygens (including phenoxy) is 2. The number of hydrogen-bond acceptors (Lipinski definition) is 4. The monoisotopic (exact) mass is 334 g/mol. The van der Waals surface area contributed by atoms with Crippen molar-refractivity contribution in [1.29, 1.82) is 0 Å². The smallest absolute Gasteiger partial charge is 0.319 e. The molecule has 0 saturated heterocycles. The molecule has 0 aliphatic carbocycles. The minimum atomic E-state index is -0.274. The number of rotatable bonds is 6. The van der Waals surface area contributed by atoms with E-state index in [2.05, 4.69) is 24.5 Å². The van der Waals surface area contributed by atoms with Crippen LogP contribution in [-0.2, 0) is 0 Å². The maximum Gasteiger partial charge on any atom is 0.319 e. The fourth-order valence-corrected chi connectivity index (χ4v) is 3.20. The van der Waals surface area contributed by atoms with E-state index < -0.39 is 0 Å². The van der Waals surface area contributed by atoms with E-state index >= 15 is 0 Å². The van der Waals surface area contributed by atoms with Crippen molar-refractivity contribution < 1.29 is 14.3 Å². The summed E-state index contributed by atoms with van der Waals surface area (Å²) in [5.41, 5.74) is 0.568. The van der Waals surface area contributed by atoms with Gasteiger partial charge in [-0.2, -0.15) is 0 Å². The lowest BCUT2D eigenvalue weighted by molar-refractivity contribution is 0.245. The van der Waals surface area contributed by atoms with E-state index in [-0.39, 0.29) is 18.0 Å². The molecule has 23 heavy (non-hydrogen) atoms. The number of urea groups is 1. The summed E-state index contributed by atoms with van der Waals surface area (Å²) in [7, 11) is 3.14. The van der Waals surface area contributed by atoms with Crippen LogP contribution in [0.5, 0.6) is 11.5 Å². The first kappa shape index (κ1) is 17.1. The predicted molar refractivity (Wildman–Crippen MR) is 93.6 cm³/mol. The number of amides is 2. The highest BCUT2D eigenvalue weighted by atomic mass is 32.1. The molecule has 124 valence electrons. The van der Waals surface area contributed by atoms with Crippen LogP contribution in [-0.4, -0.2) is 20.3 Å². The molecular formula is C17H22N2O3S. The van der Waals surface area contributed by atoms with Crippen LogP contribution in [0.25, 0.3) is 0 Å². The molecule has 0 fully saturated rings. The van der Waals surface area contributed by atoms with Gasteiger partial charge in [-0.15, -0.1) is 11.3 Å². The molecule has 0 saturated carbocycles. The molecule has 2 N–H and O–H groups in total. The first-order chi connectivity index (χ1) is 11.0. The molecule has 2 aromatic rings. The average molecular weight is 334 g/mol. The number of carbonyl (C=O) groups excluding carboxylic acids is 1. The molecule has 0 spiro atoms. The van der Waals surface area contributed by atoms with Crippen LogP contribution in [0.15, 0.2) is 35.7 Å². The summed E-state index contributed by atoms with van der Waals surface area (Å²) >= 11 is 1.63. The zero-order valence-electron chi connectivity index (χ0n) is 13.8. The van der Waals surface area contributed by atoms with E-state index in [0.717, 1.165) is 4.88 Å². The second-order valence-corrected chi connectivity index (χ2v) is 6.38. The molecular weight excluding hydrogens is 312 g/mol. The lowest BCUT2D eigenvalue weighted by Crippen LogP contribution is -2.34. The Morgan fingerprint density at radius 1 is 1.17 bits per heavy atom. The summed E-state index contributed by atoms with van der Waals surface area (Å²) in [5.74, 6) is 1.52. The Labute approximate surface area is 140 Å². The van der Waals surface area contributed by atoms with Crippen molar-refractivity contribution >= 4 is 23.1 Å². The quantitative estimate of drug-likeness (QED) is 0.829. The third kappa shape index (κ3) is 4.39. The van der Waals surface area contributed by atoms with Crippen LogP contribution in [0, 0.1) is 5.92 Å². The van der Waals surface area contributed by atoms with Gasteiger partial charge in [-0.3, -0.25) is 0 Å². The second-order valence-electron chi connectivity index (χ2n) is 5.40. The van der Waals surface area contributed by atoms with Crippen molar-refractivity contribution in [2.45, 2.75) is 19.9 Å². The van der Waals surface area contributed by atoms with Gasteiger partial charge in [-0.25, -0.2) is 4.79 Å². The normalized spacial score (nSPS) is 11.9. The molecule has 0 radical (unpaired) electrons. The maximum absolute atomic E-state index is 12.4. The molecule has 0 unspecified atom stereocenters. The van der Waals surface area contributed by atoms with E-state index in [1.54, 1.807) is 43.8 Å². The van der Waals surface area contributed by atoms with Crippen molar-refractivity contribution in [2.24, 2.45) is 5.92 Å². The summed E-state index contributed by atoms with van der Waals surface area (Å²) in [6.07, 6.45) is 0. The Kier molecular flexibility index (Phi) is 5.87. The molecule has 6 heteroatoms. The first-order valence-electron chi connectivity index (χ1n) is 7.38. The van der Waals surface area contributed by atoms with Crippen molar-refractivity contribution in [3.63, 3.8) is 0 Å². The van der Waals surface area contributed by atoms with Gasteiger partial charge in [-0.1, -0.05) is 19.9 Å². The largest absolute Gasteiger partial charge is 0.497 e. The lowest BCUT2D eigenvalue weighted by atomic mass is 10.0. The molecule has 2 amide bonds. The summed E-state index contributed by atoms with van der Waals surface area (Å²) in [5, 5.41) is 7.86. The van der Waals surface area contributed by atoms with Gasteiger partial charge in [-0.05, 0) is 29.5 Å². The number of anilines is 1. The first-order valence-corrected chi connectivity index (χ1v) is 8.26. The minimum absolute atomic E-state index is 0.0356. The SMILES string of the molecule is COc1ccc(OC)c(NC(=O)N[C@H](c2cccs2)C(C)C)c1. The Balaban J connectivity index is 2.12. The van der Waals surface area contributed by atoms with Gasteiger partial charge in [0.05, 0.1) is 25.9 Å². The van der Waals surface area contributed by atoms with Crippen LogP contribution < -0.4 is 20.1 Å². The summed E-state index contributed by atoms with van der Waals surface area (Å²) in [4.78, 5) is 13.5. The number of benzene rings is 1. The molecule has 2 rings (SSSR count). The zero-order valence-corrected chi connectivity index (χ0v) is 14.6. The number of hydrogen-bond donors (Lipinski definition) is 2. The van der Waals surface area contributed by atoms with E-state index in [0.29, 0.717) is 17.2 Å². The molecule has 0 aliphatic heterocycles. The van der Waals surface area contributed by atoms with Crippen LogP contribution in [0.1, 0.15) is 24.8 Å². The third-order valence-electron chi connectivity index (χ3n) is 3.46. The van der Waals surface area contributed by atoms with Crippen LogP contribution in [0.4, 0.5) is 10.5 Å². The van der Waals surface area contributed by atoms with Crippen molar-refractivity contribution in [3.05, 3.63) is 40.6 Å². The van der Waals surface area contributed by atoms with Crippen LogP contribution >= 0.6 is 11.3 Å². The average Bonchev–Trinajstić information content (AvgIpc) is 3.06. The van der Waals surface area contributed by atoms with Crippen LogP contribution in [0.2, 0.25) is 0 Å². The Morgan fingerprint density at radius 2 is 1.96 bits per heavy atom. The van der Waals surface area contributed by atoms with Gasteiger partial charge < -0.3 is 20.1 Å². The minimum Gasteiger partial charge on any atom is -0.497 e. The van der Waals surface area contributed by atoms with Crippen molar-refractivity contribution in [1.82, 2.24) is 5.32 Å². The summed E-state index contributed by atoms with van der Waals surface area (Å²) in [6.45, 7) is 4.16. The van der Waals surface area contributed by atoms with Crippen LogP contribution in [0.3, 0.4) is 0 Å². The van der Waals surface area contributed by atoms with E-state index in [1.165, 1.54) is 0 Å². The number of methoxy groups -OCH3 is 2. The lowest BCUT2D eigenvalue weighted by Gasteiger charge is -2.22. The maximum atomic E-state index is 12.4. The van der Waals surface area contributed by atoms with Crippen molar-refractivity contribution in [3.8, 4) is 11.5 Å². The van der Waals surface area contributed by atoms with E-state index in [9.17, 15) is 4.79 Å². The predicted octanol–water partition coefficient (Wildman–Crippen LogP) is 4.28. The topological polar surface area (TPSA) is 59.6 Å². The molecule has 0 bridgehead atoms. The zero-order chi connectivity index (χ0) is 16.8. The standard InChI is InChI=1S/C17H22N2O3S/c1-11(2)16(15-6-5-9-23-15)19-17(20)18-13-10-12(21-3)7-8-14(13)22-4/h5-11,16H,1-4H3,(H2,18,19,20)/t16-/m0/s1. The number of thiophene rings is 1. The Hall–Kier alpha value is -2.21. The van der Waals surface area contributed by atoms with Gasteiger partial charge in [0.25, 0.3) is 0 Å². The van der Waals surface area contributed by atoms with Gasteiger partial charge in [0.1, 0.15) is 11.5 Å². The molecule has 1 aromatic heterocycles. The van der Waals surface area contributed by atoms with E-state index in [4.69, 9.17) is 9.47 Å². The number of nitrogens with one attached hydrogen (secondary N) is 2. The second kappa shape index (κ2) is 7.87. The summed E-state index contributed by atoms with van der Waals surface area (Å²) < 4.78 is 10.5. The highest BCUT2D eigenvalue weighted by Crippen LogP contribution is 2.30. The third-order valence-corrected chi connectivity index (χ3v) is 4.41. The van der Waals surface area contributed by atoms with Gasteiger partial charge >= 0.3 is 6.03 Å². The summed E-state index contributed by atoms with van der Waals surface area (Å²) in [6, 6.07) is 8.98. The molecule has 1 aromatic carbocycles. The van der Waals surface area contributed by atoms with Gasteiger partial charge in [0.2, 0.25) is 0 Å². The Morgan fingerprint density at radius 3 is 2.52 bits per heavy atom. The molecule has 1 atom stereocenters.